The van der Waals surface area contributed by atoms with Crippen molar-refractivity contribution >= 4 is 5.57 Å². The van der Waals surface area contributed by atoms with Crippen molar-refractivity contribution in [2.75, 3.05) is 0 Å². The van der Waals surface area contributed by atoms with Gasteiger partial charge in [-0.1, -0.05) is 36.7 Å². The van der Waals surface area contributed by atoms with Crippen molar-refractivity contribution in [3.63, 3.8) is 0 Å². The van der Waals surface area contributed by atoms with Crippen LogP contribution in [0.2, 0.25) is 0 Å². The molecule has 0 bridgehead atoms. The number of nitriles is 1. The highest BCUT2D eigenvalue weighted by Gasteiger charge is 2.46. The van der Waals surface area contributed by atoms with Gasteiger partial charge in [-0.3, -0.25) is 0 Å². The highest BCUT2D eigenvalue weighted by molar-refractivity contribution is 5.79. The summed E-state index contributed by atoms with van der Waals surface area (Å²) in [4.78, 5) is 0. The third-order valence-corrected chi connectivity index (χ3v) is 4.76. The van der Waals surface area contributed by atoms with Gasteiger partial charge in [-0.05, 0) is 55.2 Å². The second-order valence-corrected chi connectivity index (χ2v) is 6.67. The van der Waals surface area contributed by atoms with Crippen molar-refractivity contribution in [2.45, 2.75) is 45.2 Å². The lowest BCUT2D eigenvalue weighted by molar-refractivity contribution is 0.280. The molecule has 1 N–H and O–H groups in total. The number of hydrogen-bond donors (Lipinski definition) is 1. The van der Waals surface area contributed by atoms with Gasteiger partial charge in [-0.2, -0.15) is 5.26 Å². The van der Waals surface area contributed by atoms with E-state index in [2.05, 4.69) is 5.16 Å². The Kier molecular flexibility index (Phi) is 4.69. The number of nitrogens with zero attached hydrogens (tertiary/aromatic N) is 2. The van der Waals surface area contributed by atoms with Gasteiger partial charge < -0.3 is 9.63 Å². The van der Waals surface area contributed by atoms with Crippen LogP contribution in [0.15, 0.2) is 46.5 Å². The summed E-state index contributed by atoms with van der Waals surface area (Å²) in [5, 5.41) is 23.3. The molecule has 1 aliphatic rings. The second-order valence-electron chi connectivity index (χ2n) is 6.67. The predicted octanol–water partition coefficient (Wildman–Crippen LogP) is 5.14. The van der Waals surface area contributed by atoms with Crippen LogP contribution in [0.1, 0.15) is 48.3 Å². The summed E-state index contributed by atoms with van der Waals surface area (Å²) < 4.78 is 21.1. The van der Waals surface area contributed by atoms with Gasteiger partial charge in [0.05, 0.1) is 11.6 Å². The van der Waals surface area contributed by atoms with Crippen molar-refractivity contribution in [3.05, 3.63) is 64.6 Å². The molecule has 0 amide bonds. The summed E-state index contributed by atoms with van der Waals surface area (Å²) in [7, 11) is 0. The van der Waals surface area contributed by atoms with E-state index in [1.165, 1.54) is 6.08 Å². The third kappa shape index (κ3) is 3.03. The molecule has 26 heavy (non-hydrogen) atoms. The van der Waals surface area contributed by atoms with E-state index in [0.29, 0.717) is 29.0 Å². The number of phenolic OH excluding ortho intramolecular Hbond substituents is 1. The fourth-order valence-corrected chi connectivity index (χ4v) is 3.61. The maximum absolute atomic E-state index is 15.9. The fraction of sp³-hybridized carbons (Fsp3) is 0.333. The topological polar surface area (TPSA) is 70.0 Å². The van der Waals surface area contributed by atoms with Crippen LogP contribution in [-0.2, 0) is 0 Å². The Morgan fingerprint density at radius 1 is 1.31 bits per heavy atom. The van der Waals surface area contributed by atoms with E-state index in [1.54, 1.807) is 38.1 Å². The largest absolute Gasteiger partial charge is 0.508 e. The van der Waals surface area contributed by atoms with Crippen molar-refractivity contribution in [3.8, 4) is 11.8 Å². The Balaban J connectivity index is 2.25. The van der Waals surface area contributed by atoms with Crippen LogP contribution in [0.4, 0.5) is 4.39 Å². The molecule has 2 atom stereocenters. The molecule has 0 fully saturated rings. The SMILES string of the molecule is CCCC1=CC(F)(C#N)C(c2c(C)noc2C)C(c2ccc(O)cc2)=C1. The zero-order chi connectivity index (χ0) is 18.9. The van der Waals surface area contributed by atoms with Crippen molar-refractivity contribution in [2.24, 2.45) is 0 Å². The molecular formula is C21H21FN2O2. The monoisotopic (exact) mass is 352 g/mol. The molecular weight excluding hydrogens is 331 g/mol. The average Bonchev–Trinajstić information content (AvgIpc) is 2.94. The molecule has 0 radical (unpaired) electrons. The van der Waals surface area contributed by atoms with Gasteiger partial charge in [0.1, 0.15) is 17.6 Å². The van der Waals surface area contributed by atoms with Gasteiger partial charge in [0, 0.05) is 5.56 Å². The van der Waals surface area contributed by atoms with E-state index in [1.807, 2.05) is 19.1 Å². The first-order valence-electron chi connectivity index (χ1n) is 8.65. The van der Waals surface area contributed by atoms with Gasteiger partial charge in [0.25, 0.3) is 0 Å². The maximum Gasteiger partial charge on any atom is 0.225 e. The van der Waals surface area contributed by atoms with Gasteiger partial charge in [-0.25, -0.2) is 4.39 Å². The van der Waals surface area contributed by atoms with Crippen molar-refractivity contribution in [1.82, 2.24) is 5.16 Å². The summed E-state index contributed by atoms with van der Waals surface area (Å²) in [5.74, 6) is -0.208. The van der Waals surface area contributed by atoms with E-state index in [0.717, 1.165) is 17.6 Å². The fourth-order valence-electron chi connectivity index (χ4n) is 3.61. The van der Waals surface area contributed by atoms with Crippen LogP contribution in [0.25, 0.3) is 5.57 Å². The van der Waals surface area contributed by atoms with E-state index >= 15 is 4.39 Å². The molecule has 1 heterocycles. The molecule has 134 valence electrons. The lowest BCUT2D eigenvalue weighted by Gasteiger charge is -2.32. The first-order valence-corrected chi connectivity index (χ1v) is 8.65. The molecule has 2 aromatic rings. The standard InChI is InChI=1S/C21H21FN2O2/c1-4-5-15-10-18(16-6-8-17(25)9-7-16)20(21(22,11-15)12-23)19-13(2)24-26-14(19)3/h6-11,20,25H,4-5H2,1-3H3. The van der Waals surface area contributed by atoms with Crippen LogP contribution < -0.4 is 0 Å². The van der Waals surface area contributed by atoms with E-state index in [9.17, 15) is 10.4 Å². The summed E-state index contributed by atoms with van der Waals surface area (Å²) >= 11 is 0. The van der Waals surface area contributed by atoms with Gasteiger partial charge in [-0.15, -0.1) is 0 Å². The van der Waals surface area contributed by atoms with Crippen LogP contribution in [0.5, 0.6) is 5.75 Å². The number of phenols is 1. The first-order chi connectivity index (χ1) is 12.4. The molecule has 4 nitrogen and oxygen atoms in total. The molecule has 0 spiro atoms. The lowest BCUT2D eigenvalue weighted by Crippen LogP contribution is -2.32. The molecule has 1 aromatic carbocycles. The third-order valence-electron chi connectivity index (χ3n) is 4.76. The van der Waals surface area contributed by atoms with Gasteiger partial charge in [0.15, 0.2) is 0 Å². The van der Waals surface area contributed by atoms with E-state index in [-0.39, 0.29) is 5.75 Å². The number of aromatic hydroxyl groups is 1. The predicted molar refractivity (Wildman–Crippen MR) is 97.2 cm³/mol. The van der Waals surface area contributed by atoms with E-state index in [4.69, 9.17) is 4.52 Å². The molecule has 0 saturated carbocycles. The molecule has 1 aliphatic carbocycles. The number of aromatic nitrogens is 1. The summed E-state index contributed by atoms with van der Waals surface area (Å²) in [6, 6.07) is 8.46. The Morgan fingerprint density at radius 2 is 2.00 bits per heavy atom. The summed E-state index contributed by atoms with van der Waals surface area (Å²) in [5.41, 5.74) is 1.21. The molecule has 5 heteroatoms. The Hall–Kier alpha value is -2.87. The first kappa shape index (κ1) is 17.9. The minimum atomic E-state index is -2.20. The number of halogens is 1. The lowest BCUT2D eigenvalue weighted by atomic mass is 9.71. The van der Waals surface area contributed by atoms with Crippen molar-refractivity contribution in [1.29, 1.82) is 5.26 Å². The Morgan fingerprint density at radius 3 is 2.54 bits per heavy atom. The molecule has 0 saturated heterocycles. The quantitative estimate of drug-likeness (QED) is 0.827. The van der Waals surface area contributed by atoms with Crippen molar-refractivity contribution < 1.29 is 14.0 Å². The summed E-state index contributed by atoms with van der Waals surface area (Å²) in [6.07, 6.45) is 4.91. The maximum atomic E-state index is 15.9. The minimum Gasteiger partial charge on any atom is -0.508 e. The number of allylic oxidation sites excluding steroid dienone is 4. The average molecular weight is 352 g/mol. The van der Waals surface area contributed by atoms with Crippen LogP contribution >= 0.6 is 0 Å². The Bertz CT molecular complexity index is 899. The van der Waals surface area contributed by atoms with Crippen LogP contribution in [0.3, 0.4) is 0 Å². The highest BCUT2D eigenvalue weighted by Crippen LogP contribution is 2.49. The number of alkyl halides is 1. The second kappa shape index (κ2) is 6.80. The summed E-state index contributed by atoms with van der Waals surface area (Å²) in [6.45, 7) is 5.50. The zero-order valence-electron chi connectivity index (χ0n) is 15.1. The number of rotatable bonds is 4. The van der Waals surface area contributed by atoms with E-state index < -0.39 is 11.6 Å². The number of benzene rings is 1. The Labute approximate surface area is 152 Å². The molecule has 0 aliphatic heterocycles. The molecule has 3 rings (SSSR count). The number of hydrogen-bond acceptors (Lipinski definition) is 4. The number of aryl methyl sites for hydroxylation is 2. The van der Waals surface area contributed by atoms with Crippen LogP contribution in [-0.4, -0.2) is 15.9 Å². The smallest absolute Gasteiger partial charge is 0.225 e. The van der Waals surface area contributed by atoms with Gasteiger partial charge >= 0.3 is 0 Å². The van der Waals surface area contributed by atoms with Gasteiger partial charge in [0.2, 0.25) is 5.67 Å². The normalized spacial score (nSPS) is 22.5. The minimum absolute atomic E-state index is 0.134. The zero-order valence-corrected chi connectivity index (χ0v) is 15.1. The van der Waals surface area contributed by atoms with Crippen LogP contribution in [0, 0.1) is 25.2 Å². The molecule has 2 unspecified atom stereocenters. The highest BCUT2D eigenvalue weighted by atomic mass is 19.1. The molecule has 1 aromatic heterocycles.